The first-order valence-electron chi connectivity index (χ1n) is 9.97. The Bertz CT molecular complexity index is 856. The fourth-order valence-corrected chi connectivity index (χ4v) is 2.93. The van der Waals surface area contributed by atoms with Crippen LogP contribution in [0.1, 0.15) is 61.3 Å². The molecule has 2 aromatic rings. The molecule has 0 fully saturated rings. The molecule has 0 spiro atoms. The Kier molecular flexibility index (Phi) is 7.95. The summed E-state index contributed by atoms with van der Waals surface area (Å²) >= 11 is 0. The van der Waals surface area contributed by atoms with E-state index in [0.29, 0.717) is 22.5 Å². The molecular formula is C23H29N3O3. The molecule has 6 nitrogen and oxygen atoms in total. The van der Waals surface area contributed by atoms with Gasteiger partial charge in [0.05, 0.1) is 11.3 Å². The van der Waals surface area contributed by atoms with Crippen LogP contribution in [0.4, 0.5) is 11.4 Å². The van der Waals surface area contributed by atoms with E-state index in [1.54, 1.807) is 48.5 Å². The summed E-state index contributed by atoms with van der Waals surface area (Å²) in [6.45, 7) is 7.73. The van der Waals surface area contributed by atoms with Crippen molar-refractivity contribution in [2.75, 3.05) is 10.6 Å². The lowest BCUT2D eigenvalue weighted by atomic mass is 10.0. The summed E-state index contributed by atoms with van der Waals surface area (Å²) < 4.78 is 0. The second kappa shape index (κ2) is 10.4. The van der Waals surface area contributed by atoms with Crippen LogP contribution in [0.15, 0.2) is 48.5 Å². The maximum Gasteiger partial charge on any atom is 0.255 e. The first kappa shape index (κ1) is 22.1. The first-order chi connectivity index (χ1) is 13.8. The van der Waals surface area contributed by atoms with Crippen molar-refractivity contribution in [2.24, 2.45) is 5.92 Å². The Morgan fingerprint density at radius 3 is 2.03 bits per heavy atom. The summed E-state index contributed by atoms with van der Waals surface area (Å²) in [5.74, 6) is -0.605. The van der Waals surface area contributed by atoms with Crippen molar-refractivity contribution in [1.82, 2.24) is 5.32 Å². The summed E-state index contributed by atoms with van der Waals surface area (Å²) in [4.78, 5) is 37.1. The Labute approximate surface area is 172 Å². The number of benzene rings is 2. The standard InChI is InChI=1S/C23H29N3O3/c1-5-16(6-2)21(27)25-18-13-11-17(12-14-18)22(28)26-20-10-8-7-9-19(20)23(29)24-15(3)4/h7-16H,5-6H2,1-4H3,(H,24,29)(H,25,27)(H,26,28). The molecule has 0 unspecified atom stereocenters. The van der Waals surface area contributed by atoms with Gasteiger partial charge < -0.3 is 16.0 Å². The predicted octanol–water partition coefficient (Wildman–Crippen LogP) is 4.45. The fourth-order valence-electron chi connectivity index (χ4n) is 2.93. The largest absolute Gasteiger partial charge is 0.350 e. The lowest BCUT2D eigenvalue weighted by molar-refractivity contribution is -0.120. The molecule has 0 saturated carbocycles. The minimum atomic E-state index is -0.326. The van der Waals surface area contributed by atoms with Gasteiger partial charge in [0, 0.05) is 23.2 Å². The van der Waals surface area contributed by atoms with Crippen LogP contribution >= 0.6 is 0 Å². The Balaban J connectivity index is 2.09. The number of anilines is 2. The molecule has 0 radical (unpaired) electrons. The third-order valence-electron chi connectivity index (χ3n) is 4.61. The molecule has 3 amide bonds. The summed E-state index contributed by atoms with van der Waals surface area (Å²) in [5.41, 5.74) is 1.94. The molecule has 2 rings (SSSR count). The minimum Gasteiger partial charge on any atom is -0.350 e. The maximum atomic E-state index is 12.6. The van der Waals surface area contributed by atoms with E-state index in [0.717, 1.165) is 12.8 Å². The number of para-hydroxylation sites is 1. The second-order valence-corrected chi connectivity index (χ2v) is 7.21. The van der Waals surface area contributed by atoms with Gasteiger partial charge in [-0.15, -0.1) is 0 Å². The zero-order valence-electron chi connectivity index (χ0n) is 17.4. The minimum absolute atomic E-state index is 0.00553. The van der Waals surface area contributed by atoms with Crippen molar-refractivity contribution in [2.45, 2.75) is 46.6 Å². The quantitative estimate of drug-likeness (QED) is 0.617. The van der Waals surface area contributed by atoms with Crippen molar-refractivity contribution >= 4 is 29.1 Å². The molecule has 3 N–H and O–H groups in total. The highest BCUT2D eigenvalue weighted by atomic mass is 16.2. The van der Waals surface area contributed by atoms with E-state index in [4.69, 9.17) is 0 Å². The van der Waals surface area contributed by atoms with Crippen molar-refractivity contribution in [3.05, 3.63) is 59.7 Å². The van der Waals surface area contributed by atoms with Crippen LogP contribution in [0.25, 0.3) is 0 Å². The average molecular weight is 396 g/mol. The highest BCUT2D eigenvalue weighted by Crippen LogP contribution is 2.18. The summed E-state index contributed by atoms with van der Waals surface area (Å²) in [5, 5.41) is 8.50. The maximum absolute atomic E-state index is 12.6. The summed E-state index contributed by atoms with van der Waals surface area (Å²) in [6.07, 6.45) is 1.57. The van der Waals surface area contributed by atoms with Gasteiger partial charge >= 0.3 is 0 Å². The molecule has 29 heavy (non-hydrogen) atoms. The van der Waals surface area contributed by atoms with Gasteiger partial charge in [-0.25, -0.2) is 0 Å². The molecule has 0 aromatic heterocycles. The number of hydrogen-bond donors (Lipinski definition) is 3. The highest BCUT2D eigenvalue weighted by Gasteiger charge is 2.16. The highest BCUT2D eigenvalue weighted by molar-refractivity contribution is 6.09. The molecule has 0 aliphatic rings. The Morgan fingerprint density at radius 2 is 1.45 bits per heavy atom. The van der Waals surface area contributed by atoms with Gasteiger partial charge in [-0.1, -0.05) is 26.0 Å². The van der Waals surface area contributed by atoms with E-state index < -0.39 is 0 Å². The number of amides is 3. The van der Waals surface area contributed by atoms with E-state index in [-0.39, 0.29) is 29.7 Å². The smallest absolute Gasteiger partial charge is 0.255 e. The van der Waals surface area contributed by atoms with Crippen molar-refractivity contribution in [3.63, 3.8) is 0 Å². The lowest BCUT2D eigenvalue weighted by Gasteiger charge is -2.14. The monoisotopic (exact) mass is 395 g/mol. The van der Waals surface area contributed by atoms with Crippen LogP contribution in [0.3, 0.4) is 0 Å². The lowest BCUT2D eigenvalue weighted by Crippen LogP contribution is -2.31. The van der Waals surface area contributed by atoms with Crippen molar-refractivity contribution < 1.29 is 14.4 Å². The topological polar surface area (TPSA) is 87.3 Å². The molecule has 0 aliphatic carbocycles. The van der Waals surface area contributed by atoms with Gasteiger partial charge in [0.15, 0.2) is 0 Å². The van der Waals surface area contributed by atoms with Crippen LogP contribution in [0, 0.1) is 5.92 Å². The van der Waals surface area contributed by atoms with E-state index in [1.165, 1.54) is 0 Å². The molecule has 0 saturated heterocycles. The van der Waals surface area contributed by atoms with Gasteiger partial charge in [-0.2, -0.15) is 0 Å². The molecular weight excluding hydrogens is 366 g/mol. The van der Waals surface area contributed by atoms with Gasteiger partial charge in [0.1, 0.15) is 0 Å². The first-order valence-corrected chi connectivity index (χ1v) is 9.97. The third kappa shape index (κ3) is 6.17. The van der Waals surface area contributed by atoms with Gasteiger partial charge in [0.25, 0.3) is 11.8 Å². The number of nitrogens with one attached hydrogen (secondary N) is 3. The molecule has 0 heterocycles. The molecule has 2 aromatic carbocycles. The Hall–Kier alpha value is -3.15. The van der Waals surface area contributed by atoms with E-state index in [9.17, 15) is 14.4 Å². The van der Waals surface area contributed by atoms with Crippen molar-refractivity contribution in [3.8, 4) is 0 Å². The average Bonchev–Trinajstić information content (AvgIpc) is 2.69. The molecule has 0 bridgehead atoms. The third-order valence-corrected chi connectivity index (χ3v) is 4.61. The Morgan fingerprint density at radius 1 is 0.828 bits per heavy atom. The molecule has 0 atom stereocenters. The SMILES string of the molecule is CCC(CC)C(=O)Nc1ccc(C(=O)Nc2ccccc2C(=O)NC(C)C)cc1. The normalized spacial score (nSPS) is 10.7. The van der Waals surface area contributed by atoms with Gasteiger partial charge in [-0.3, -0.25) is 14.4 Å². The van der Waals surface area contributed by atoms with Crippen LogP contribution in [0.2, 0.25) is 0 Å². The van der Waals surface area contributed by atoms with Crippen molar-refractivity contribution in [1.29, 1.82) is 0 Å². The number of carbonyl (C=O) groups excluding carboxylic acids is 3. The molecule has 6 heteroatoms. The van der Waals surface area contributed by atoms with Crippen LogP contribution < -0.4 is 16.0 Å². The second-order valence-electron chi connectivity index (χ2n) is 7.21. The summed E-state index contributed by atoms with van der Waals surface area (Å²) in [7, 11) is 0. The van der Waals surface area contributed by atoms with E-state index >= 15 is 0 Å². The van der Waals surface area contributed by atoms with Crippen LogP contribution in [0.5, 0.6) is 0 Å². The zero-order chi connectivity index (χ0) is 21.4. The van der Waals surface area contributed by atoms with E-state index in [2.05, 4.69) is 16.0 Å². The number of rotatable bonds is 8. The van der Waals surface area contributed by atoms with Gasteiger partial charge in [-0.05, 0) is 63.1 Å². The predicted molar refractivity (Wildman–Crippen MR) is 116 cm³/mol. The van der Waals surface area contributed by atoms with Crippen LogP contribution in [-0.4, -0.2) is 23.8 Å². The zero-order valence-corrected chi connectivity index (χ0v) is 17.4. The number of carbonyl (C=O) groups is 3. The molecule has 0 aliphatic heterocycles. The van der Waals surface area contributed by atoms with Gasteiger partial charge in [0.2, 0.25) is 5.91 Å². The number of hydrogen-bond acceptors (Lipinski definition) is 3. The van der Waals surface area contributed by atoms with Crippen LogP contribution in [-0.2, 0) is 4.79 Å². The fraction of sp³-hybridized carbons (Fsp3) is 0.348. The molecule has 154 valence electrons. The summed E-state index contributed by atoms with van der Waals surface area (Å²) in [6, 6.07) is 13.6. The van der Waals surface area contributed by atoms with E-state index in [1.807, 2.05) is 27.7 Å².